The van der Waals surface area contributed by atoms with Gasteiger partial charge in [-0.15, -0.1) is 0 Å². The Kier molecular flexibility index (Phi) is 4.72. The molecule has 24 heavy (non-hydrogen) atoms. The summed E-state index contributed by atoms with van der Waals surface area (Å²) >= 11 is 0. The standard InChI is InChI=1S/C18H24N4O2/c1-12(2)7-14-8-13(9-17(23)20-14)18(24)21-5-6-22(15-3-4-15)16(10-19)11-21/h8-9,12,15-16H,3-7,11H2,1-2H3,(H,20,23). The molecule has 1 aliphatic carbocycles. The zero-order chi connectivity index (χ0) is 17.3. The lowest BCUT2D eigenvalue weighted by Crippen LogP contribution is -2.55. The van der Waals surface area contributed by atoms with Crippen molar-refractivity contribution in [1.82, 2.24) is 14.8 Å². The topological polar surface area (TPSA) is 80.2 Å². The quantitative estimate of drug-likeness (QED) is 0.905. The Balaban J connectivity index is 1.75. The van der Waals surface area contributed by atoms with Gasteiger partial charge in [0, 0.05) is 43.0 Å². The molecule has 0 spiro atoms. The second-order valence-corrected chi connectivity index (χ2v) is 7.22. The van der Waals surface area contributed by atoms with Crippen LogP contribution < -0.4 is 5.56 Å². The van der Waals surface area contributed by atoms with E-state index in [9.17, 15) is 14.9 Å². The van der Waals surface area contributed by atoms with Crippen LogP contribution >= 0.6 is 0 Å². The third-order valence-corrected chi connectivity index (χ3v) is 4.65. The zero-order valence-corrected chi connectivity index (χ0v) is 14.3. The van der Waals surface area contributed by atoms with E-state index in [4.69, 9.17) is 0 Å². The predicted molar refractivity (Wildman–Crippen MR) is 90.6 cm³/mol. The van der Waals surface area contributed by atoms with E-state index in [-0.39, 0.29) is 17.5 Å². The fourth-order valence-corrected chi connectivity index (χ4v) is 3.40. The number of pyridine rings is 1. The van der Waals surface area contributed by atoms with Gasteiger partial charge in [-0.3, -0.25) is 14.5 Å². The number of nitrogens with zero attached hydrogens (tertiary/aromatic N) is 3. The second kappa shape index (κ2) is 6.78. The summed E-state index contributed by atoms with van der Waals surface area (Å²) in [4.78, 5) is 31.4. The number of rotatable bonds is 4. The summed E-state index contributed by atoms with van der Waals surface area (Å²) in [6.45, 7) is 5.90. The van der Waals surface area contributed by atoms with Crippen molar-refractivity contribution < 1.29 is 4.79 Å². The third kappa shape index (κ3) is 3.68. The molecule has 1 saturated heterocycles. The molecular formula is C18H24N4O2. The van der Waals surface area contributed by atoms with Gasteiger partial charge >= 0.3 is 0 Å². The molecule has 2 aliphatic rings. The van der Waals surface area contributed by atoms with E-state index in [0.717, 1.165) is 31.5 Å². The van der Waals surface area contributed by atoms with Crippen LogP contribution in [0.2, 0.25) is 0 Å². The highest BCUT2D eigenvalue weighted by molar-refractivity contribution is 5.94. The van der Waals surface area contributed by atoms with Crippen LogP contribution in [-0.2, 0) is 6.42 Å². The van der Waals surface area contributed by atoms with Gasteiger partial charge in [-0.05, 0) is 31.2 Å². The van der Waals surface area contributed by atoms with E-state index in [1.165, 1.54) is 6.07 Å². The van der Waals surface area contributed by atoms with Crippen molar-refractivity contribution in [2.45, 2.75) is 45.2 Å². The smallest absolute Gasteiger partial charge is 0.254 e. The summed E-state index contributed by atoms with van der Waals surface area (Å²) < 4.78 is 0. The molecule has 0 bridgehead atoms. The molecule has 1 atom stereocenters. The minimum Gasteiger partial charge on any atom is -0.335 e. The molecule has 0 aromatic carbocycles. The van der Waals surface area contributed by atoms with Gasteiger partial charge in [-0.25, -0.2) is 0 Å². The van der Waals surface area contributed by atoms with Gasteiger partial charge < -0.3 is 9.88 Å². The van der Waals surface area contributed by atoms with Crippen LogP contribution in [0.4, 0.5) is 0 Å². The number of piperazine rings is 1. The fourth-order valence-electron chi connectivity index (χ4n) is 3.40. The largest absolute Gasteiger partial charge is 0.335 e. The molecule has 2 fully saturated rings. The number of hydrogen-bond donors (Lipinski definition) is 1. The SMILES string of the molecule is CC(C)Cc1cc(C(=O)N2CCN(C3CC3)C(C#N)C2)cc(=O)[nH]1. The molecule has 1 N–H and O–H groups in total. The van der Waals surface area contributed by atoms with Crippen molar-refractivity contribution >= 4 is 5.91 Å². The van der Waals surface area contributed by atoms with Crippen molar-refractivity contribution in [3.8, 4) is 6.07 Å². The minimum atomic E-state index is -0.245. The van der Waals surface area contributed by atoms with Gasteiger partial charge in [-0.1, -0.05) is 13.8 Å². The van der Waals surface area contributed by atoms with Crippen LogP contribution in [0.3, 0.4) is 0 Å². The number of aromatic amines is 1. The first-order chi connectivity index (χ1) is 11.5. The number of hydrogen-bond acceptors (Lipinski definition) is 4. The van der Waals surface area contributed by atoms with E-state index in [2.05, 4.69) is 29.8 Å². The molecule has 0 radical (unpaired) electrons. The summed E-state index contributed by atoms with van der Waals surface area (Å²) in [5, 5.41) is 9.41. The average molecular weight is 328 g/mol. The lowest BCUT2D eigenvalue weighted by molar-refractivity contribution is 0.0550. The summed E-state index contributed by atoms with van der Waals surface area (Å²) in [6, 6.07) is 5.74. The second-order valence-electron chi connectivity index (χ2n) is 7.22. The number of H-pyrrole nitrogens is 1. The Morgan fingerprint density at radius 3 is 2.75 bits per heavy atom. The van der Waals surface area contributed by atoms with E-state index in [1.807, 2.05) is 0 Å². The van der Waals surface area contributed by atoms with Crippen LogP contribution in [-0.4, -0.2) is 52.4 Å². The predicted octanol–water partition coefficient (Wildman–Crippen LogP) is 1.39. The number of nitriles is 1. The van der Waals surface area contributed by atoms with Gasteiger partial charge in [0.2, 0.25) is 5.56 Å². The third-order valence-electron chi connectivity index (χ3n) is 4.65. The molecule has 1 aliphatic heterocycles. The van der Waals surface area contributed by atoms with Gasteiger partial charge in [0.1, 0.15) is 6.04 Å². The molecule has 6 heteroatoms. The number of aromatic nitrogens is 1. The fraction of sp³-hybridized carbons (Fsp3) is 0.611. The van der Waals surface area contributed by atoms with Crippen LogP contribution in [0.5, 0.6) is 0 Å². The Bertz CT molecular complexity index is 714. The van der Waals surface area contributed by atoms with Crippen molar-refractivity contribution in [2.24, 2.45) is 5.92 Å². The van der Waals surface area contributed by atoms with Crippen LogP contribution in [0.25, 0.3) is 0 Å². The first kappa shape index (κ1) is 16.7. The van der Waals surface area contributed by atoms with Crippen molar-refractivity contribution in [2.75, 3.05) is 19.6 Å². The molecule has 2 heterocycles. The number of nitrogens with one attached hydrogen (secondary N) is 1. The maximum absolute atomic E-state index is 12.8. The maximum atomic E-state index is 12.8. The van der Waals surface area contributed by atoms with Gasteiger partial charge in [0.05, 0.1) is 6.07 Å². The van der Waals surface area contributed by atoms with E-state index >= 15 is 0 Å². The van der Waals surface area contributed by atoms with Crippen molar-refractivity contribution in [1.29, 1.82) is 5.26 Å². The average Bonchev–Trinajstić information content (AvgIpc) is 3.37. The summed E-state index contributed by atoms with van der Waals surface area (Å²) in [5.74, 6) is 0.248. The normalized spacial score (nSPS) is 21.8. The summed E-state index contributed by atoms with van der Waals surface area (Å²) in [6.07, 6.45) is 3.03. The van der Waals surface area contributed by atoms with Gasteiger partial charge in [-0.2, -0.15) is 5.26 Å². The molecule has 1 saturated carbocycles. The van der Waals surface area contributed by atoms with E-state index < -0.39 is 0 Å². The number of amides is 1. The lowest BCUT2D eigenvalue weighted by Gasteiger charge is -2.38. The zero-order valence-electron chi connectivity index (χ0n) is 14.3. The number of carbonyl (C=O) groups excluding carboxylic acids is 1. The van der Waals surface area contributed by atoms with Gasteiger partial charge in [0.15, 0.2) is 0 Å². The summed E-state index contributed by atoms with van der Waals surface area (Å²) in [5.41, 5.74) is 0.963. The Hall–Kier alpha value is -2.13. The highest BCUT2D eigenvalue weighted by Crippen LogP contribution is 2.30. The molecule has 1 amide bonds. The Morgan fingerprint density at radius 1 is 1.38 bits per heavy atom. The van der Waals surface area contributed by atoms with E-state index in [0.29, 0.717) is 30.6 Å². The molecule has 1 unspecified atom stereocenters. The highest BCUT2D eigenvalue weighted by atomic mass is 16.2. The maximum Gasteiger partial charge on any atom is 0.254 e. The Labute approximate surface area is 142 Å². The molecule has 128 valence electrons. The van der Waals surface area contributed by atoms with Crippen molar-refractivity contribution in [3.63, 3.8) is 0 Å². The van der Waals surface area contributed by atoms with Crippen LogP contribution in [0.15, 0.2) is 16.9 Å². The van der Waals surface area contributed by atoms with Crippen LogP contribution in [0, 0.1) is 17.2 Å². The highest BCUT2D eigenvalue weighted by Gasteiger charge is 2.38. The first-order valence-corrected chi connectivity index (χ1v) is 8.66. The van der Waals surface area contributed by atoms with Crippen molar-refractivity contribution in [3.05, 3.63) is 33.7 Å². The van der Waals surface area contributed by atoms with Gasteiger partial charge in [0.25, 0.3) is 5.91 Å². The molecule has 1 aromatic rings. The molecule has 3 rings (SSSR count). The molecule has 1 aromatic heterocycles. The number of carbonyl (C=O) groups is 1. The van der Waals surface area contributed by atoms with E-state index in [1.54, 1.807) is 11.0 Å². The minimum absolute atomic E-state index is 0.151. The summed E-state index contributed by atoms with van der Waals surface area (Å²) in [7, 11) is 0. The Morgan fingerprint density at radius 2 is 2.12 bits per heavy atom. The molecule has 6 nitrogen and oxygen atoms in total. The lowest BCUT2D eigenvalue weighted by atomic mass is 10.1. The first-order valence-electron chi connectivity index (χ1n) is 8.66. The monoisotopic (exact) mass is 328 g/mol. The molecular weight excluding hydrogens is 304 g/mol. The van der Waals surface area contributed by atoms with Crippen LogP contribution in [0.1, 0.15) is 42.7 Å².